The zero-order valence-corrected chi connectivity index (χ0v) is 17.9. The maximum Gasteiger partial charge on any atom is 0.227 e. The summed E-state index contributed by atoms with van der Waals surface area (Å²) >= 11 is 1.36. The molecule has 3 aromatic rings. The lowest BCUT2D eigenvalue weighted by molar-refractivity contribution is -0.115. The van der Waals surface area contributed by atoms with Crippen LogP contribution in [-0.2, 0) is 14.6 Å². The van der Waals surface area contributed by atoms with Crippen LogP contribution in [0.25, 0.3) is 10.4 Å². The van der Waals surface area contributed by atoms with Crippen molar-refractivity contribution in [2.75, 3.05) is 24.3 Å². The van der Waals surface area contributed by atoms with E-state index in [9.17, 15) is 13.2 Å². The number of ether oxygens (including phenoxy) is 2. The van der Waals surface area contributed by atoms with Crippen LogP contribution < -0.4 is 14.8 Å². The summed E-state index contributed by atoms with van der Waals surface area (Å²) in [4.78, 5) is 17.8. The molecule has 4 rings (SSSR count). The molecule has 0 radical (unpaired) electrons. The third kappa shape index (κ3) is 4.47. The van der Waals surface area contributed by atoms with Crippen LogP contribution in [0.1, 0.15) is 12.1 Å². The molecule has 30 heavy (non-hydrogen) atoms. The Kier molecular flexibility index (Phi) is 5.74. The number of hydrogen-bond acceptors (Lipinski definition) is 7. The maximum atomic E-state index is 12.6. The first kappa shape index (κ1) is 20.4. The van der Waals surface area contributed by atoms with Gasteiger partial charge in [0.2, 0.25) is 5.91 Å². The van der Waals surface area contributed by atoms with E-state index in [0.717, 1.165) is 16.1 Å². The van der Waals surface area contributed by atoms with Gasteiger partial charge in [0.15, 0.2) is 26.5 Å². The number of rotatable bonds is 6. The standard InChI is InChI=1S/C21H20N2O5S2/c1-14-20(15-5-3-2-4-6-15)29-21(22-14)23-19(24)9-12-30(25,26)16-7-8-17-18(13-16)28-11-10-27-17/h2-8,13H,9-12H2,1H3,(H,22,23,24). The van der Waals surface area contributed by atoms with E-state index in [1.165, 1.54) is 23.5 Å². The van der Waals surface area contributed by atoms with Gasteiger partial charge in [-0.3, -0.25) is 4.79 Å². The maximum absolute atomic E-state index is 12.6. The van der Waals surface area contributed by atoms with E-state index in [4.69, 9.17) is 9.47 Å². The minimum absolute atomic E-state index is 0.107. The lowest BCUT2D eigenvalue weighted by Crippen LogP contribution is -2.18. The zero-order chi connectivity index (χ0) is 21.1. The van der Waals surface area contributed by atoms with E-state index in [0.29, 0.717) is 29.8 Å². The third-order valence-electron chi connectivity index (χ3n) is 4.55. The van der Waals surface area contributed by atoms with Crippen molar-refractivity contribution < 1.29 is 22.7 Å². The number of hydrogen-bond donors (Lipinski definition) is 1. The summed E-state index contributed by atoms with van der Waals surface area (Å²) in [5.41, 5.74) is 1.83. The molecule has 0 aliphatic carbocycles. The number of carbonyl (C=O) groups is 1. The molecule has 0 saturated carbocycles. The highest BCUT2D eigenvalue weighted by Gasteiger charge is 2.21. The molecular weight excluding hydrogens is 424 g/mol. The Morgan fingerprint density at radius 1 is 1.10 bits per heavy atom. The van der Waals surface area contributed by atoms with E-state index in [2.05, 4.69) is 10.3 Å². The fourth-order valence-corrected chi connectivity index (χ4v) is 5.29. The minimum Gasteiger partial charge on any atom is -0.486 e. The van der Waals surface area contributed by atoms with Crippen LogP contribution in [0.3, 0.4) is 0 Å². The summed E-state index contributed by atoms with van der Waals surface area (Å²) in [6, 6.07) is 14.3. The molecule has 9 heteroatoms. The van der Waals surface area contributed by atoms with Gasteiger partial charge in [-0.1, -0.05) is 41.7 Å². The van der Waals surface area contributed by atoms with E-state index < -0.39 is 15.7 Å². The van der Waals surface area contributed by atoms with Crippen molar-refractivity contribution in [2.45, 2.75) is 18.2 Å². The first-order valence-corrected chi connectivity index (χ1v) is 11.8. The molecule has 2 heterocycles. The fraction of sp³-hybridized carbons (Fsp3) is 0.238. The molecule has 7 nitrogen and oxygen atoms in total. The molecule has 0 bridgehead atoms. The number of benzene rings is 2. The highest BCUT2D eigenvalue weighted by molar-refractivity contribution is 7.91. The number of aromatic nitrogens is 1. The van der Waals surface area contributed by atoms with Crippen molar-refractivity contribution in [1.29, 1.82) is 0 Å². The molecule has 0 atom stereocenters. The molecule has 0 fully saturated rings. The normalized spacial score (nSPS) is 13.1. The van der Waals surface area contributed by atoms with Crippen LogP contribution in [-0.4, -0.2) is 38.3 Å². The molecule has 156 valence electrons. The van der Waals surface area contributed by atoms with Crippen LogP contribution >= 0.6 is 11.3 Å². The molecule has 0 saturated heterocycles. The number of sulfone groups is 1. The van der Waals surface area contributed by atoms with Gasteiger partial charge in [-0.2, -0.15) is 0 Å². The molecule has 1 aliphatic rings. The second-order valence-corrected chi connectivity index (χ2v) is 9.83. The second kappa shape index (κ2) is 8.45. The van der Waals surface area contributed by atoms with Crippen LogP contribution in [0.15, 0.2) is 53.4 Å². The number of anilines is 1. The zero-order valence-electron chi connectivity index (χ0n) is 16.3. The SMILES string of the molecule is Cc1nc(NC(=O)CCS(=O)(=O)c2ccc3c(c2)OCCO3)sc1-c1ccccc1. The molecule has 1 aliphatic heterocycles. The Labute approximate surface area is 178 Å². The summed E-state index contributed by atoms with van der Waals surface area (Å²) in [7, 11) is -3.64. The lowest BCUT2D eigenvalue weighted by Gasteiger charge is -2.18. The predicted octanol–water partition coefficient (Wildman–Crippen LogP) is 3.69. The van der Waals surface area contributed by atoms with Gasteiger partial charge in [-0.15, -0.1) is 0 Å². The minimum atomic E-state index is -3.64. The van der Waals surface area contributed by atoms with Gasteiger partial charge < -0.3 is 14.8 Å². The Morgan fingerprint density at radius 2 is 1.83 bits per heavy atom. The van der Waals surface area contributed by atoms with Gasteiger partial charge in [0.1, 0.15) is 13.2 Å². The summed E-state index contributed by atoms with van der Waals surface area (Å²) in [6.45, 7) is 2.68. The number of carbonyl (C=O) groups excluding carboxylic acids is 1. The third-order valence-corrected chi connectivity index (χ3v) is 7.39. The highest BCUT2D eigenvalue weighted by atomic mass is 32.2. The van der Waals surface area contributed by atoms with Gasteiger partial charge in [0.25, 0.3) is 0 Å². The summed E-state index contributed by atoms with van der Waals surface area (Å²) in [5, 5.41) is 3.16. The molecule has 1 aromatic heterocycles. The summed E-state index contributed by atoms with van der Waals surface area (Å²) in [6.07, 6.45) is -0.171. The molecule has 1 N–H and O–H groups in total. The summed E-state index contributed by atoms with van der Waals surface area (Å²) in [5.74, 6) is 0.211. The lowest BCUT2D eigenvalue weighted by atomic mass is 10.2. The van der Waals surface area contributed by atoms with Gasteiger partial charge in [-0.25, -0.2) is 13.4 Å². The quantitative estimate of drug-likeness (QED) is 0.623. The second-order valence-electron chi connectivity index (χ2n) is 6.72. The molecule has 2 aromatic carbocycles. The number of fused-ring (bicyclic) bond motifs is 1. The number of aryl methyl sites for hydroxylation is 1. The van der Waals surface area contributed by atoms with Crippen molar-refractivity contribution in [3.05, 3.63) is 54.2 Å². The Balaban J connectivity index is 1.40. The number of thiazole rings is 1. The number of amides is 1. The van der Waals surface area contributed by atoms with E-state index >= 15 is 0 Å². The van der Waals surface area contributed by atoms with Gasteiger partial charge >= 0.3 is 0 Å². The van der Waals surface area contributed by atoms with Crippen LogP contribution in [0, 0.1) is 6.92 Å². The van der Waals surface area contributed by atoms with Crippen molar-refractivity contribution in [2.24, 2.45) is 0 Å². The Bertz CT molecular complexity index is 1170. The Hall–Kier alpha value is -2.91. The smallest absolute Gasteiger partial charge is 0.227 e. The van der Waals surface area contributed by atoms with E-state index in [1.807, 2.05) is 37.3 Å². The molecular formula is C21H20N2O5S2. The van der Waals surface area contributed by atoms with Gasteiger partial charge in [-0.05, 0) is 24.6 Å². The monoisotopic (exact) mass is 444 g/mol. The van der Waals surface area contributed by atoms with Crippen molar-refractivity contribution >= 4 is 32.2 Å². The van der Waals surface area contributed by atoms with E-state index in [-0.39, 0.29) is 17.1 Å². The predicted molar refractivity (Wildman–Crippen MR) is 115 cm³/mol. The molecule has 0 spiro atoms. The average Bonchev–Trinajstić information content (AvgIpc) is 3.12. The average molecular weight is 445 g/mol. The first-order chi connectivity index (χ1) is 14.4. The van der Waals surface area contributed by atoms with Crippen molar-refractivity contribution in [3.63, 3.8) is 0 Å². The molecule has 1 amide bonds. The van der Waals surface area contributed by atoms with Crippen molar-refractivity contribution in [1.82, 2.24) is 4.98 Å². The van der Waals surface area contributed by atoms with Crippen LogP contribution in [0.5, 0.6) is 11.5 Å². The summed E-state index contributed by atoms with van der Waals surface area (Å²) < 4.78 is 36.1. The molecule has 0 unspecified atom stereocenters. The number of nitrogens with zero attached hydrogens (tertiary/aromatic N) is 1. The van der Waals surface area contributed by atoms with Crippen LogP contribution in [0.2, 0.25) is 0 Å². The van der Waals surface area contributed by atoms with Crippen molar-refractivity contribution in [3.8, 4) is 21.9 Å². The largest absolute Gasteiger partial charge is 0.486 e. The van der Waals surface area contributed by atoms with Gasteiger partial charge in [0.05, 0.1) is 21.2 Å². The first-order valence-electron chi connectivity index (χ1n) is 9.37. The number of nitrogens with one attached hydrogen (secondary N) is 1. The van der Waals surface area contributed by atoms with E-state index in [1.54, 1.807) is 6.07 Å². The fourth-order valence-electron chi connectivity index (χ4n) is 3.05. The Morgan fingerprint density at radius 3 is 2.60 bits per heavy atom. The van der Waals surface area contributed by atoms with Gasteiger partial charge in [0, 0.05) is 12.5 Å². The highest BCUT2D eigenvalue weighted by Crippen LogP contribution is 2.34. The van der Waals surface area contributed by atoms with Crippen LogP contribution in [0.4, 0.5) is 5.13 Å². The topological polar surface area (TPSA) is 94.6 Å².